The fraction of sp³-hybridized carbons (Fsp3) is 0.308. The van der Waals surface area contributed by atoms with Crippen LogP contribution in [0.5, 0.6) is 0 Å². The van der Waals surface area contributed by atoms with E-state index >= 15 is 0 Å². The molecule has 0 fully saturated rings. The zero-order valence-electron chi connectivity index (χ0n) is 9.44. The monoisotopic (exact) mass is 232 g/mol. The minimum Gasteiger partial charge on any atom is -0.312 e. The van der Waals surface area contributed by atoms with Gasteiger partial charge in [0.15, 0.2) is 0 Å². The zero-order chi connectivity index (χ0) is 11.2. The van der Waals surface area contributed by atoms with Crippen LogP contribution in [0.15, 0.2) is 35.8 Å². The van der Waals surface area contributed by atoms with Gasteiger partial charge in [0.2, 0.25) is 0 Å². The molecule has 1 aromatic heterocycles. The van der Waals surface area contributed by atoms with Crippen molar-refractivity contribution in [2.24, 2.45) is 0 Å². The molecule has 0 bridgehead atoms. The van der Waals surface area contributed by atoms with Crippen LogP contribution in [-0.2, 0) is 6.54 Å². The Labute approximate surface area is 100 Å². The van der Waals surface area contributed by atoms with E-state index in [1.165, 1.54) is 16.9 Å². The Morgan fingerprint density at radius 3 is 2.81 bits per heavy atom. The van der Waals surface area contributed by atoms with E-state index in [9.17, 15) is 0 Å². The molecule has 0 saturated heterocycles. The predicted molar refractivity (Wildman–Crippen MR) is 69.5 cm³/mol. The molecule has 0 aliphatic rings. The lowest BCUT2D eigenvalue weighted by Gasteiger charge is -2.03. The summed E-state index contributed by atoms with van der Waals surface area (Å²) in [6.45, 7) is 4.16. The van der Waals surface area contributed by atoms with Crippen LogP contribution in [0.3, 0.4) is 0 Å². The molecule has 2 nitrogen and oxygen atoms in total. The van der Waals surface area contributed by atoms with Gasteiger partial charge in [-0.3, -0.25) is 0 Å². The molecule has 0 aliphatic carbocycles. The molecule has 0 spiro atoms. The normalized spacial score (nSPS) is 10.6. The van der Waals surface area contributed by atoms with Gasteiger partial charge < -0.3 is 5.32 Å². The van der Waals surface area contributed by atoms with Gasteiger partial charge in [-0.05, 0) is 13.0 Å². The number of hydrogen-bond donors (Lipinski definition) is 1. The molecule has 1 heterocycles. The number of thiazole rings is 1. The minimum atomic E-state index is 0.919. The van der Waals surface area contributed by atoms with Gasteiger partial charge in [0.1, 0.15) is 0 Å². The Morgan fingerprint density at radius 2 is 2.06 bits per heavy atom. The minimum absolute atomic E-state index is 0.919. The summed E-state index contributed by atoms with van der Waals surface area (Å²) in [7, 11) is 0. The quantitative estimate of drug-likeness (QED) is 0.800. The molecule has 84 valence electrons. The molecule has 0 radical (unpaired) electrons. The van der Waals surface area contributed by atoms with Gasteiger partial charge in [0.05, 0.1) is 11.2 Å². The maximum atomic E-state index is 4.44. The van der Waals surface area contributed by atoms with Gasteiger partial charge >= 0.3 is 0 Å². The van der Waals surface area contributed by atoms with E-state index in [0.29, 0.717) is 0 Å². The van der Waals surface area contributed by atoms with E-state index in [1.54, 1.807) is 11.3 Å². The first-order valence-electron chi connectivity index (χ1n) is 5.60. The smallest absolute Gasteiger partial charge is 0.0856 e. The van der Waals surface area contributed by atoms with E-state index in [1.807, 2.05) is 11.6 Å². The first-order chi connectivity index (χ1) is 7.92. The summed E-state index contributed by atoms with van der Waals surface area (Å²) in [4.78, 5) is 5.76. The summed E-state index contributed by atoms with van der Waals surface area (Å²) in [5, 5.41) is 3.42. The Balaban J connectivity index is 2.13. The first kappa shape index (κ1) is 11.3. The molecule has 0 atom stereocenters. The number of benzene rings is 1. The molecule has 0 aliphatic heterocycles. The molecule has 2 aromatic rings. The second kappa shape index (κ2) is 5.77. The van der Waals surface area contributed by atoms with Gasteiger partial charge in [-0.1, -0.05) is 37.3 Å². The van der Waals surface area contributed by atoms with Crippen LogP contribution in [0.2, 0.25) is 0 Å². The van der Waals surface area contributed by atoms with Crippen molar-refractivity contribution >= 4 is 11.3 Å². The number of nitrogens with one attached hydrogen (secondary N) is 1. The summed E-state index contributed by atoms with van der Waals surface area (Å²) >= 11 is 1.72. The highest BCUT2D eigenvalue weighted by molar-refractivity contribution is 7.10. The largest absolute Gasteiger partial charge is 0.312 e. The highest BCUT2D eigenvalue weighted by atomic mass is 32.1. The van der Waals surface area contributed by atoms with Crippen LogP contribution >= 0.6 is 11.3 Å². The summed E-state index contributed by atoms with van der Waals surface area (Å²) in [5.74, 6) is 0. The standard InChI is InChI=1S/C13H16N2S/c1-2-8-14-9-12-13(15-10-16-12)11-6-4-3-5-7-11/h3-7,10,14H,2,8-9H2,1H3. The number of hydrogen-bond acceptors (Lipinski definition) is 3. The van der Waals surface area contributed by atoms with Crippen LogP contribution in [0.25, 0.3) is 11.3 Å². The topological polar surface area (TPSA) is 24.9 Å². The molecule has 0 amide bonds. The van der Waals surface area contributed by atoms with Crippen molar-refractivity contribution in [1.82, 2.24) is 10.3 Å². The molecule has 16 heavy (non-hydrogen) atoms. The maximum Gasteiger partial charge on any atom is 0.0856 e. The number of rotatable bonds is 5. The summed E-state index contributed by atoms with van der Waals surface area (Å²) in [6, 6.07) is 10.4. The van der Waals surface area contributed by atoms with Gasteiger partial charge in [-0.2, -0.15) is 0 Å². The van der Waals surface area contributed by atoms with Crippen molar-refractivity contribution in [2.45, 2.75) is 19.9 Å². The van der Waals surface area contributed by atoms with Gasteiger partial charge in [-0.15, -0.1) is 11.3 Å². The first-order valence-corrected chi connectivity index (χ1v) is 6.48. The van der Waals surface area contributed by atoms with Crippen molar-refractivity contribution in [3.8, 4) is 11.3 Å². The van der Waals surface area contributed by atoms with Crippen molar-refractivity contribution in [3.63, 3.8) is 0 Å². The third-order valence-electron chi connectivity index (χ3n) is 2.40. The Hall–Kier alpha value is -1.19. The van der Waals surface area contributed by atoms with Crippen molar-refractivity contribution in [1.29, 1.82) is 0 Å². The summed E-state index contributed by atoms with van der Waals surface area (Å²) in [6.07, 6.45) is 1.17. The van der Waals surface area contributed by atoms with E-state index in [-0.39, 0.29) is 0 Å². The van der Waals surface area contributed by atoms with Crippen LogP contribution in [0, 0.1) is 0 Å². The lowest BCUT2D eigenvalue weighted by Crippen LogP contribution is -2.13. The highest BCUT2D eigenvalue weighted by Gasteiger charge is 2.07. The van der Waals surface area contributed by atoms with E-state index in [2.05, 4.69) is 41.5 Å². The molecule has 1 aromatic carbocycles. The lowest BCUT2D eigenvalue weighted by molar-refractivity contribution is 0.681. The molecular formula is C13H16N2S. The third kappa shape index (κ3) is 2.68. The zero-order valence-corrected chi connectivity index (χ0v) is 10.3. The summed E-state index contributed by atoms with van der Waals surface area (Å²) in [5.41, 5.74) is 4.25. The third-order valence-corrected chi connectivity index (χ3v) is 3.23. The van der Waals surface area contributed by atoms with E-state index in [0.717, 1.165) is 18.8 Å². The molecular weight excluding hydrogens is 216 g/mol. The van der Waals surface area contributed by atoms with Gasteiger partial charge in [0.25, 0.3) is 0 Å². The predicted octanol–water partition coefficient (Wildman–Crippen LogP) is 3.31. The van der Waals surface area contributed by atoms with Crippen LogP contribution in [-0.4, -0.2) is 11.5 Å². The van der Waals surface area contributed by atoms with Crippen molar-refractivity contribution < 1.29 is 0 Å². The molecule has 1 N–H and O–H groups in total. The van der Waals surface area contributed by atoms with Crippen molar-refractivity contribution in [3.05, 3.63) is 40.7 Å². The molecule has 2 rings (SSSR count). The highest BCUT2D eigenvalue weighted by Crippen LogP contribution is 2.24. The van der Waals surface area contributed by atoms with Crippen LogP contribution in [0.1, 0.15) is 18.2 Å². The van der Waals surface area contributed by atoms with E-state index in [4.69, 9.17) is 0 Å². The van der Waals surface area contributed by atoms with Crippen LogP contribution in [0.4, 0.5) is 0 Å². The Bertz CT molecular complexity index is 423. The maximum absolute atomic E-state index is 4.44. The Morgan fingerprint density at radius 1 is 1.25 bits per heavy atom. The van der Waals surface area contributed by atoms with Gasteiger partial charge in [0, 0.05) is 17.0 Å². The molecule has 0 unspecified atom stereocenters. The average Bonchev–Trinajstić information content (AvgIpc) is 2.79. The van der Waals surface area contributed by atoms with E-state index < -0.39 is 0 Å². The molecule has 0 saturated carbocycles. The second-order valence-electron chi connectivity index (χ2n) is 3.67. The van der Waals surface area contributed by atoms with Gasteiger partial charge in [-0.25, -0.2) is 4.98 Å². The fourth-order valence-corrected chi connectivity index (χ4v) is 2.36. The lowest BCUT2D eigenvalue weighted by atomic mass is 10.1. The molecule has 3 heteroatoms. The van der Waals surface area contributed by atoms with Crippen molar-refractivity contribution in [2.75, 3.05) is 6.54 Å². The van der Waals surface area contributed by atoms with Crippen LogP contribution < -0.4 is 5.32 Å². The average molecular weight is 232 g/mol. The number of nitrogens with zero attached hydrogens (tertiary/aromatic N) is 1. The number of aromatic nitrogens is 1. The Kier molecular flexibility index (Phi) is 4.08. The SMILES string of the molecule is CCCNCc1scnc1-c1ccccc1. The fourth-order valence-electron chi connectivity index (χ4n) is 1.61. The second-order valence-corrected chi connectivity index (χ2v) is 4.61. The summed E-state index contributed by atoms with van der Waals surface area (Å²) < 4.78 is 0.